The molecule has 1 N–H and O–H groups in total. The van der Waals surface area contributed by atoms with Gasteiger partial charge >= 0.3 is 5.97 Å². The largest absolute Gasteiger partial charge is 0.497 e. The van der Waals surface area contributed by atoms with Crippen molar-refractivity contribution in [2.24, 2.45) is 0 Å². The number of benzene rings is 2. The van der Waals surface area contributed by atoms with Gasteiger partial charge in [-0.05, 0) is 53.2 Å². The van der Waals surface area contributed by atoms with Crippen LogP contribution >= 0.6 is 15.9 Å². The van der Waals surface area contributed by atoms with E-state index in [9.17, 15) is 9.59 Å². The van der Waals surface area contributed by atoms with E-state index in [2.05, 4.69) is 21.2 Å². The normalized spacial score (nSPS) is 11.4. The number of halogens is 1. The summed E-state index contributed by atoms with van der Waals surface area (Å²) >= 11 is 3.29. The molecule has 0 aliphatic carbocycles. The SMILES string of the molecule is COc1ccc(Br)c(C(=O)OC(C)C(=O)Nc2ccccc2OC)c1. The first-order chi connectivity index (χ1) is 12.0. The Labute approximate surface area is 154 Å². The maximum absolute atomic E-state index is 12.3. The summed E-state index contributed by atoms with van der Waals surface area (Å²) in [6.45, 7) is 1.50. The number of hydrogen-bond acceptors (Lipinski definition) is 5. The molecule has 0 saturated carbocycles. The van der Waals surface area contributed by atoms with Gasteiger partial charge in [0.05, 0.1) is 25.5 Å². The van der Waals surface area contributed by atoms with Crippen LogP contribution in [0.1, 0.15) is 17.3 Å². The van der Waals surface area contributed by atoms with E-state index in [0.717, 1.165) is 0 Å². The number of methoxy groups -OCH3 is 2. The van der Waals surface area contributed by atoms with E-state index in [0.29, 0.717) is 21.7 Å². The topological polar surface area (TPSA) is 73.9 Å². The van der Waals surface area contributed by atoms with Crippen molar-refractivity contribution in [1.82, 2.24) is 0 Å². The Bertz CT molecular complexity index is 778. The fourth-order valence-corrected chi connectivity index (χ4v) is 2.46. The van der Waals surface area contributed by atoms with Crippen LogP contribution < -0.4 is 14.8 Å². The Kier molecular flexibility index (Phi) is 6.41. The molecule has 1 unspecified atom stereocenters. The molecule has 6 nitrogen and oxygen atoms in total. The molecule has 0 fully saturated rings. The molecule has 0 aliphatic rings. The summed E-state index contributed by atoms with van der Waals surface area (Å²) in [5, 5.41) is 2.68. The lowest BCUT2D eigenvalue weighted by Gasteiger charge is -2.15. The summed E-state index contributed by atoms with van der Waals surface area (Å²) in [5.74, 6) is -0.0588. The zero-order valence-corrected chi connectivity index (χ0v) is 15.6. The standard InChI is InChI=1S/C18H18BrNO5/c1-11(17(21)20-15-6-4-5-7-16(15)24-3)25-18(22)13-10-12(23-2)8-9-14(13)19/h4-11H,1-3H3,(H,20,21). The van der Waals surface area contributed by atoms with Gasteiger partial charge in [0.1, 0.15) is 11.5 Å². The highest BCUT2D eigenvalue weighted by Crippen LogP contribution is 2.25. The smallest absolute Gasteiger partial charge is 0.340 e. The van der Waals surface area contributed by atoms with Crippen molar-refractivity contribution in [3.63, 3.8) is 0 Å². The minimum atomic E-state index is -0.990. The summed E-state index contributed by atoms with van der Waals surface area (Å²) in [5.41, 5.74) is 0.775. The molecule has 0 spiro atoms. The van der Waals surface area contributed by atoms with Crippen molar-refractivity contribution >= 4 is 33.5 Å². The van der Waals surface area contributed by atoms with Gasteiger partial charge < -0.3 is 19.5 Å². The molecule has 2 rings (SSSR count). The second kappa shape index (κ2) is 8.53. The first-order valence-electron chi connectivity index (χ1n) is 7.44. The molecule has 0 saturated heterocycles. The molecule has 1 amide bonds. The van der Waals surface area contributed by atoms with Crippen molar-refractivity contribution in [3.05, 3.63) is 52.5 Å². The number of carbonyl (C=O) groups is 2. The molecule has 0 aromatic heterocycles. The molecule has 2 aromatic rings. The zero-order valence-electron chi connectivity index (χ0n) is 14.0. The summed E-state index contributed by atoms with van der Waals surface area (Å²) in [7, 11) is 3.01. The van der Waals surface area contributed by atoms with Gasteiger partial charge in [-0.1, -0.05) is 12.1 Å². The lowest BCUT2D eigenvalue weighted by Crippen LogP contribution is -2.30. The van der Waals surface area contributed by atoms with Crippen molar-refractivity contribution < 1.29 is 23.8 Å². The number of rotatable bonds is 6. The zero-order chi connectivity index (χ0) is 18.4. The third-order valence-corrected chi connectivity index (χ3v) is 4.10. The quantitative estimate of drug-likeness (QED) is 0.739. The number of amides is 1. The molecule has 25 heavy (non-hydrogen) atoms. The van der Waals surface area contributed by atoms with Crippen LogP contribution in [0.3, 0.4) is 0 Å². The van der Waals surface area contributed by atoms with Gasteiger partial charge in [-0.25, -0.2) is 4.79 Å². The predicted molar refractivity (Wildman–Crippen MR) is 97.2 cm³/mol. The van der Waals surface area contributed by atoms with Crippen LogP contribution in [0, 0.1) is 0 Å². The first kappa shape index (κ1) is 18.8. The summed E-state index contributed by atoms with van der Waals surface area (Å²) in [6.07, 6.45) is -0.990. The molecular formula is C18H18BrNO5. The molecule has 1 atom stereocenters. The lowest BCUT2D eigenvalue weighted by atomic mass is 10.2. The lowest BCUT2D eigenvalue weighted by molar-refractivity contribution is -0.123. The minimum absolute atomic E-state index is 0.274. The van der Waals surface area contributed by atoms with Crippen LogP contribution in [0.5, 0.6) is 11.5 Å². The Morgan fingerprint density at radius 2 is 1.80 bits per heavy atom. The molecule has 2 aromatic carbocycles. The Morgan fingerprint density at radius 1 is 1.08 bits per heavy atom. The van der Waals surface area contributed by atoms with Gasteiger partial charge in [0.2, 0.25) is 0 Å². The van der Waals surface area contributed by atoms with Crippen LogP contribution in [0.2, 0.25) is 0 Å². The Hall–Kier alpha value is -2.54. The van der Waals surface area contributed by atoms with Gasteiger partial charge in [0.25, 0.3) is 5.91 Å². The fraction of sp³-hybridized carbons (Fsp3) is 0.222. The van der Waals surface area contributed by atoms with Crippen LogP contribution in [-0.2, 0) is 9.53 Å². The molecule has 0 aliphatic heterocycles. The van der Waals surface area contributed by atoms with Gasteiger partial charge in [-0.3, -0.25) is 4.79 Å². The third-order valence-electron chi connectivity index (χ3n) is 3.41. The second-order valence-corrected chi connectivity index (χ2v) is 5.94. The maximum Gasteiger partial charge on any atom is 0.340 e. The van der Waals surface area contributed by atoms with E-state index in [1.165, 1.54) is 27.2 Å². The van der Waals surface area contributed by atoms with E-state index >= 15 is 0 Å². The number of hydrogen-bond donors (Lipinski definition) is 1. The number of para-hydroxylation sites is 2. The Morgan fingerprint density at radius 3 is 2.48 bits per heavy atom. The average Bonchev–Trinajstić information content (AvgIpc) is 2.62. The number of ether oxygens (including phenoxy) is 3. The second-order valence-electron chi connectivity index (χ2n) is 5.08. The van der Waals surface area contributed by atoms with Crippen LogP contribution in [0.15, 0.2) is 46.9 Å². The van der Waals surface area contributed by atoms with Crippen molar-refractivity contribution in [3.8, 4) is 11.5 Å². The molecule has 0 bridgehead atoms. The van der Waals surface area contributed by atoms with Crippen molar-refractivity contribution in [2.45, 2.75) is 13.0 Å². The van der Waals surface area contributed by atoms with E-state index in [1.54, 1.807) is 36.4 Å². The van der Waals surface area contributed by atoms with Gasteiger partial charge in [-0.2, -0.15) is 0 Å². The van der Waals surface area contributed by atoms with E-state index in [1.807, 2.05) is 0 Å². The molecular weight excluding hydrogens is 390 g/mol. The number of carbonyl (C=O) groups excluding carboxylic acids is 2. The molecule has 7 heteroatoms. The molecule has 132 valence electrons. The maximum atomic E-state index is 12.3. The third kappa shape index (κ3) is 4.73. The predicted octanol–water partition coefficient (Wildman–Crippen LogP) is 3.65. The van der Waals surface area contributed by atoms with E-state index in [-0.39, 0.29) is 5.56 Å². The van der Waals surface area contributed by atoms with E-state index in [4.69, 9.17) is 14.2 Å². The fourth-order valence-electron chi connectivity index (χ4n) is 2.05. The Balaban J connectivity index is 2.07. The van der Waals surface area contributed by atoms with Crippen molar-refractivity contribution in [1.29, 1.82) is 0 Å². The average molecular weight is 408 g/mol. The first-order valence-corrected chi connectivity index (χ1v) is 8.24. The van der Waals surface area contributed by atoms with Gasteiger partial charge in [0, 0.05) is 4.47 Å². The van der Waals surface area contributed by atoms with E-state index < -0.39 is 18.0 Å². The number of anilines is 1. The highest BCUT2D eigenvalue weighted by Gasteiger charge is 2.21. The monoisotopic (exact) mass is 407 g/mol. The van der Waals surface area contributed by atoms with Crippen LogP contribution in [-0.4, -0.2) is 32.2 Å². The summed E-state index contributed by atoms with van der Waals surface area (Å²) in [4.78, 5) is 24.6. The highest BCUT2D eigenvalue weighted by atomic mass is 79.9. The molecule has 0 radical (unpaired) electrons. The van der Waals surface area contributed by atoms with Gasteiger partial charge in [0.15, 0.2) is 6.10 Å². The van der Waals surface area contributed by atoms with Crippen molar-refractivity contribution in [2.75, 3.05) is 19.5 Å². The minimum Gasteiger partial charge on any atom is -0.497 e. The van der Waals surface area contributed by atoms with Crippen LogP contribution in [0.25, 0.3) is 0 Å². The van der Waals surface area contributed by atoms with Crippen LogP contribution in [0.4, 0.5) is 5.69 Å². The summed E-state index contributed by atoms with van der Waals surface area (Å²) in [6, 6.07) is 11.9. The number of esters is 1. The van der Waals surface area contributed by atoms with Gasteiger partial charge in [-0.15, -0.1) is 0 Å². The highest BCUT2D eigenvalue weighted by molar-refractivity contribution is 9.10. The molecule has 0 heterocycles. The summed E-state index contributed by atoms with van der Waals surface area (Å²) < 4.78 is 16.1. The number of nitrogens with one attached hydrogen (secondary N) is 1.